The van der Waals surface area contributed by atoms with E-state index in [9.17, 15) is 9.90 Å². The molecule has 20 heavy (non-hydrogen) atoms. The molecule has 3 saturated carbocycles. The van der Waals surface area contributed by atoms with Gasteiger partial charge in [-0.05, 0) is 43.4 Å². The number of fused-ring (bicyclic) bond motifs is 2. The van der Waals surface area contributed by atoms with E-state index in [0.717, 1.165) is 31.4 Å². The van der Waals surface area contributed by atoms with Crippen LogP contribution in [0.3, 0.4) is 0 Å². The largest absolute Gasteiger partial charge is 0.464 e. The van der Waals surface area contributed by atoms with Crippen molar-refractivity contribution >= 4 is 11.7 Å². The summed E-state index contributed by atoms with van der Waals surface area (Å²) in [5.74, 6) is 0.548. The van der Waals surface area contributed by atoms with E-state index in [1.807, 2.05) is 6.92 Å². The van der Waals surface area contributed by atoms with Crippen molar-refractivity contribution in [3.63, 3.8) is 0 Å². The van der Waals surface area contributed by atoms with E-state index in [1.165, 1.54) is 0 Å². The summed E-state index contributed by atoms with van der Waals surface area (Å²) in [5.41, 5.74) is 0.0945. The van der Waals surface area contributed by atoms with Gasteiger partial charge in [0.1, 0.15) is 12.1 Å². The van der Waals surface area contributed by atoms with Crippen LogP contribution in [0, 0.1) is 17.3 Å². The summed E-state index contributed by atoms with van der Waals surface area (Å²) in [6, 6.07) is 0. The average Bonchev–Trinajstić information content (AvgIpc) is 2.36. The molecule has 114 valence electrons. The van der Waals surface area contributed by atoms with E-state index in [1.54, 1.807) is 0 Å². The lowest BCUT2D eigenvalue weighted by atomic mass is 9.44. The van der Waals surface area contributed by atoms with E-state index in [4.69, 9.17) is 4.74 Å². The van der Waals surface area contributed by atoms with Crippen LogP contribution in [0.5, 0.6) is 0 Å². The molecule has 4 heteroatoms. The molecule has 0 radical (unpaired) electrons. The van der Waals surface area contributed by atoms with Crippen molar-refractivity contribution < 1.29 is 14.6 Å². The Morgan fingerprint density at radius 3 is 2.70 bits per heavy atom. The molecule has 3 atom stereocenters. The molecule has 2 bridgehead atoms. The Hall–Kier alpha value is -0.900. The summed E-state index contributed by atoms with van der Waals surface area (Å²) < 4.78 is 5.09. The lowest BCUT2D eigenvalue weighted by Gasteiger charge is -2.62. The number of rotatable bonds is 5. The molecule has 0 aromatic heterocycles. The fourth-order valence-electron chi connectivity index (χ4n) is 3.72. The van der Waals surface area contributed by atoms with Crippen LogP contribution in [0.25, 0.3) is 0 Å². The maximum absolute atomic E-state index is 11.6. The normalized spacial score (nSPS) is 36.5. The lowest BCUT2D eigenvalue weighted by molar-refractivity contribution is -0.142. The predicted octanol–water partition coefficient (Wildman–Crippen LogP) is 2.59. The molecule has 0 aromatic rings. The van der Waals surface area contributed by atoms with Crippen molar-refractivity contribution in [3.8, 4) is 0 Å². The number of esters is 1. The SMILES string of the molecule is CCCCOC(=O)C/N=C1\C[C@@H]2C[C@@H](C2(C)C)[C@]1(C)O. The van der Waals surface area contributed by atoms with Crippen molar-refractivity contribution in [1.29, 1.82) is 0 Å². The van der Waals surface area contributed by atoms with Gasteiger partial charge < -0.3 is 9.84 Å². The van der Waals surface area contributed by atoms with Crippen LogP contribution in [0.1, 0.15) is 53.4 Å². The van der Waals surface area contributed by atoms with Gasteiger partial charge in [0.05, 0.1) is 6.61 Å². The van der Waals surface area contributed by atoms with Crippen LogP contribution in [0.2, 0.25) is 0 Å². The zero-order valence-electron chi connectivity index (χ0n) is 13.1. The monoisotopic (exact) mass is 281 g/mol. The standard InChI is InChI=1S/C16H27NO3/c1-5-6-7-20-14(18)10-17-13-9-11-8-12(15(11,2)3)16(13,4)19/h11-12,19H,5-10H2,1-4H3/b17-13+/t11-,12-,16-/m0/s1. The number of aliphatic imine (C=N–C) groups is 1. The highest BCUT2D eigenvalue weighted by atomic mass is 16.5. The second-order valence-electron chi connectivity index (χ2n) is 7.00. The molecule has 1 N–H and O–H groups in total. The lowest BCUT2D eigenvalue weighted by Crippen LogP contribution is -2.64. The highest BCUT2D eigenvalue weighted by Crippen LogP contribution is 2.61. The highest BCUT2D eigenvalue weighted by molar-refractivity contribution is 5.95. The predicted molar refractivity (Wildman–Crippen MR) is 78.8 cm³/mol. The number of aliphatic hydroxyl groups is 1. The van der Waals surface area contributed by atoms with Gasteiger partial charge in [0, 0.05) is 5.71 Å². The van der Waals surface area contributed by atoms with Crippen LogP contribution in [-0.2, 0) is 9.53 Å². The molecule has 3 aliphatic rings. The van der Waals surface area contributed by atoms with Crippen LogP contribution in [0.4, 0.5) is 0 Å². The van der Waals surface area contributed by atoms with Crippen molar-refractivity contribution in [3.05, 3.63) is 0 Å². The van der Waals surface area contributed by atoms with Crippen molar-refractivity contribution in [2.75, 3.05) is 13.2 Å². The van der Waals surface area contributed by atoms with Gasteiger partial charge in [-0.15, -0.1) is 0 Å². The van der Waals surface area contributed by atoms with Gasteiger partial charge >= 0.3 is 5.97 Å². The minimum absolute atomic E-state index is 0.0368. The Morgan fingerprint density at radius 1 is 1.45 bits per heavy atom. The summed E-state index contributed by atoms with van der Waals surface area (Å²) in [6.45, 7) is 8.84. The Balaban J connectivity index is 1.93. The number of carbonyl (C=O) groups is 1. The van der Waals surface area contributed by atoms with Gasteiger partial charge in [0.15, 0.2) is 0 Å². The first kappa shape index (κ1) is 15.5. The van der Waals surface area contributed by atoms with Crippen LogP contribution >= 0.6 is 0 Å². The Labute approximate surface area is 121 Å². The minimum atomic E-state index is -0.873. The smallest absolute Gasteiger partial charge is 0.327 e. The van der Waals surface area contributed by atoms with Gasteiger partial charge in [-0.3, -0.25) is 9.79 Å². The zero-order valence-corrected chi connectivity index (χ0v) is 13.1. The van der Waals surface area contributed by atoms with Crippen LogP contribution in [0.15, 0.2) is 4.99 Å². The maximum atomic E-state index is 11.6. The van der Waals surface area contributed by atoms with E-state index in [0.29, 0.717) is 12.5 Å². The second kappa shape index (κ2) is 5.47. The van der Waals surface area contributed by atoms with Gasteiger partial charge in [0.2, 0.25) is 0 Å². The first-order valence-electron chi connectivity index (χ1n) is 7.72. The molecule has 0 amide bonds. The minimum Gasteiger partial charge on any atom is -0.464 e. The van der Waals surface area contributed by atoms with Gasteiger partial charge in [-0.2, -0.15) is 0 Å². The summed E-state index contributed by atoms with van der Waals surface area (Å²) in [4.78, 5) is 15.9. The number of unbranched alkanes of at least 4 members (excludes halogenated alkanes) is 1. The highest BCUT2D eigenvalue weighted by Gasteiger charge is 2.61. The van der Waals surface area contributed by atoms with Gasteiger partial charge in [0.25, 0.3) is 0 Å². The molecule has 0 saturated heterocycles. The van der Waals surface area contributed by atoms with E-state index in [2.05, 4.69) is 25.8 Å². The first-order valence-corrected chi connectivity index (χ1v) is 7.72. The van der Waals surface area contributed by atoms with Crippen LogP contribution < -0.4 is 0 Å². The number of hydrogen-bond acceptors (Lipinski definition) is 4. The number of carbonyl (C=O) groups excluding carboxylic acids is 1. The third-order valence-electron chi connectivity index (χ3n) is 5.33. The first-order chi connectivity index (χ1) is 9.30. The summed E-state index contributed by atoms with van der Waals surface area (Å²) in [7, 11) is 0. The quantitative estimate of drug-likeness (QED) is 0.622. The molecule has 3 aliphatic carbocycles. The van der Waals surface area contributed by atoms with Gasteiger partial charge in [-0.1, -0.05) is 27.2 Å². The molecular weight excluding hydrogens is 254 g/mol. The third kappa shape index (κ3) is 2.62. The Bertz CT molecular complexity index is 412. The third-order valence-corrected chi connectivity index (χ3v) is 5.33. The number of hydrogen-bond donors (Lipinski definition) is 1. The van der Waals surface area contributed by atoms with Crippen molar-refractivity contribution in [2.45, 2.75) is 59.0 Å². The maximum Gasteiger partial charge on any atom is 0.327 e. The molecule has 0 heterocycles. The van der Waals surface area contributed by atoms with Crippen molar-refractivity contribution in [2.24, 2.45) is 22.2 Å². The van der Waals surface area contributed by atoms with E-state index < -0.39 is 5.60 Å². The zero-order chi connectivity index (χ0) is 15.0. The summed E-state index contributed by atoms with van der Waals surface area (Å²) >= 11 is 0. The molecular formula is C16H27NO3. The van der Waals surface area contributed by atoms with Crippen molar-refractivity contribution in [1.82, 2.24) is 0 Å². The molecule has 0 aromatic carbocycles. The van der Waals surface area contributed by atoms with Gasteiger partial charge in [-0.25, -0.2) is 0 Å². The van der Waals surface area contributed by atoms with E-state index in [-0.39, 0.29) is 23.8 Å². The average molecular weight is 281 g/mol. The summed E-state index contributed by atoms with van der Waals surface area (Å²) in [6.07, 6.45) is 3.77. The fourth-order valence-corrected chi connectivity index (χ4v) is 3.72. The Morgan fingerprint density at radius 2 is 2.15 bits per heavy atom. The molecule has 3 fully saturated rings. The van der Waals surface area contributed by atoms with Crippen LogP contribution in [-0.4, -0.2) is 35.5 Å². The number of nitrogens with zero attached hydrogens (tertiary/aromatic N) is 1. The fraction of sp³-hybridized carbons (Fsp3) is 0.875. The molecule has 4 nitrogen and oxygen atoms in total. The summed E-state index contributed by atoms with van der Waals surface area (Å²) in [5, 5.41) is 10.7. The molecule has 0 spiro atoms. The molecule has 3 rings (SSSR count). The second-order valence-corrected chi connectivity index (χ2v) is 7.00. The number of ether oxygens (including phenoxy) is 1. The topological polar surface area (TPSA) is 58.9 Å². The van der Waals surface area contributed by atoms with E-state index >= 15 is 0 Å². The molecule has 0 aliphatic heterocycles. The Kier molecular flexibility index (Phi) is 4.24. The molecule has 0 unspecified atom stereocenters.